The molecule has 0 fully saturated rings. The molecule has 1 rings (SSSR count). The number of carbonyl (C=O) groups is 1. The first-order chi connectivity index (χ1) is 3.83. The Labute approximate surface area is 52.0 Å². The molecule has 1 radical (unpaired) electrons. The molecule has 2 heteroatoms. The zero-order valence-corrected chi connectivity index (χ0v) is 5.29. The van der Waals surface area contributed by atoms with Crippen molar-refractivity contribution < 1.29 is 4.79 Å². The van der Waals surface area contributed by atoms with Crippen LogP contribution in [0.3, 0.4) is 0 Å². The number of carbonyl (C=O) groups excluding carboxylic acids is 1. The van der Waals surface area contributed by atoms with Gasteiger partial charge in [-0.05, 0) is 19.1 Å². The van der Waals surface area contributed by atoms with E-state index >= 15 is 0 Å². The van der Waals surface area contributed by atoms with Gasteiger partial charge in [-0.1, -0.05) is 0 Å². The van der Waals surface area contributed by atoms with Gasteiger partial charge in [-0.3, -0.25) is 4.79 Å². The fourth-order valence-corrected chi connectivity index (χ4v) is 1.10. The van der Waals surface area contributed by atoms with E-state index in [9.17, 15) is 4.79 Å². The first-order valence-corrected chi connectivity index (χ1v) is 3.08. The minimum Gasteiger partial charge on any atom is -0.297 e. The lowest BCUT2D eigenvalue weighted by atomic mass is 10.5. The molecule has 0 amide bonds. The molecule has 0 saturated carbocycles. The fourth-order valence-electron chi connectivity index (χ4n) is 0.467. The topological polar surface area (TPSA) is 17.1 Å². The van der Waals surface area contributed by atoms with Crippen molar-refractivity contribution in [1.29, 1.82) is 0 Å². The average Bonchev–Trinajstić information content (AvgIpc) is 2.14. The van der Waals surface area contributed by atoms with Crippen LogP contribution in [0, 0.1) is 13.0 Å². The quantitative estimate of drug-likeness (QED) is 0.522. The highest BCUT2D eigenvalue weighted by atomic mass is 32.1. The Kier molecular flexibility index (Phi) is 1.44. The molecule has 0 bridgehead atoms. The lowest BCUT2D eigenvalue weighted by Gasteiger charge is -1.71. The highest BCUT2D eigenvalue weighted by Gasteiger charge is 1.90. The summed E-state index contributed by atoms with van der Waals surface area (Å²) in [6.07, 6.45) is 0.841. The van der Waals surface area contributed by atoms with Crippen molar-refractivity contribution in [2.75, 3.05) is 0 Å². The lowest BCUT2D eigenvalue weighted by Crippen LogP contribution is -1.61. The molecule has 0 saturated heterocycles. The van der Waals surface area contributed by atoms with Crippen LogP contribution in [0.25, 0.3) is 0 Å². The molecule has 0 unspecified atom stereocenters. The van der Waals surface area contributed by atoms with Gasteiger partial charge >= 0.3 is 0 Å². The SMILES string of the molecule is Cc1[c]cc(C=O)s1. The molecule has 0 aliphatic heterocycles. The van der Waals surface area contributed by atoms with Gasteiger partial charge in [0.1, 0.15) is 0 Å². The van der Waals surface area contributed by atoms with Gasteiger partial charge in [0.25, 0.3) is 0 Å². The van der Waals surface area contributed by atoms with Crippen LogP contribution in [0.2, 0.25) is 0 Å². The van der Waals surface area contributed by atoms with Gasteiger partial charge in [0.2, 0.25) is 0 Å². The van der Waals surface area contributed by atoms with Gasteiger partial charge < -0.3 is 0 Å². The van der Waals surface area contributed by atoms with E-state index in [4.69, 9.17) is 0 Å². The van der Waals surface area contributed by atoms with E-state index in [-0.39, 0.29) is 0 Å². The Balaban J connectivity index is 3.00. The molecule has 41 valence electrons. The molecular weight excluding hydrogens is 120 g/mol. The summed E-state index contributed by atoms with van der Waals surface area (Å²) < 4.78 is 0. The largest absolute Gasteiger partial charge is 0.297 e. The van der Waals surface area contributed by atoms with Crippen molar-refractivity contribution in [3.05, 3.63) is 21.9 Å². The Morgan fingerprint density at radius 1 is 1.88 bits per heavy atom. The number of rotatable bonds is 1. The first-order valence-electron chi connectivity index (χ1n) is 2.26. The maximum absolute atomic E-state index is 10.0. The van der Waals surface area contributed by atoms with E-state index in [2.05, 4.69) is 6.07 Å². The van der Waals surface area contributed by atoms with Gasteiger partial charge in [-0.15, -0.1) is 11.3 Å². The molecule has 0 aliphatic carbocycles. The number of aryl methyl sites for hydroxylation is 1. The zero-order chi connectivity index (χ0) is 5.98. The summed E-state index contributed by atoms with van der Waals surface area (Å²) in [6, 6.07) is 4.61. The number of thiophene rings is 1. The van der Waals surface area contributed by atoms with E-state index in [1.165, 1.54) is 11.3 Å². The van der Waals surface area contributed by atoms with Crippen molar-refractivity contribution in [3.8, 4) is 0 Å². The minimum absolute atomic E-state index is 0.752. The maximum atomic E-state index is 10.0. The second-order valence-electron chi connectivity index (χ2n) is 1.47. The molecule has 8 heavy (non-hydrogen) atoms. The lowest BCUT2D eigenvalue weighted by molar-refractivity contribution is 0.112. The number of hydrogen-bond acceptors (Lipinski definition) is 2. The van der Waals surface area contributed by atoms with Gasteiger partial charge in [-0.25, -0.2) is 0 Å². The highest BCUT2D eigenvalue weighted by Crippen LogP contribution is 2.10. The Morgan fingerprint density at radius 3 is 2.88 bits per heavy atom. The highest BCUT2D eigenvalue weighted by molar-refractivity contribution is 7.13. The van der Waals surface area contributed by atoms with Crippen LogP contribution >= 0.6 is 11.3 Å². The predicted molar refractivity (Wildman–Crippen MR) is 33.3 cm³/mol. The van der Waals surface area contributed by atoms with Gasteiger partial charge in [0.05, 0.1) is 4.88 Å². The van der Waals surface area contributed by atoms with Crippen molar-refractivity contribution >= 4 is 17.6 Å². The zero-order valence-electron chi connectivity index (χ0n) is 4.47. The van der Waals surface area contributed by atoms with Crippen LogP contribution < -0.4 is 0 Å². The standard InChI is InChI=1S/C6H5OS/c1-5-2-3-6(4-7)8-5/h3-4H,1H3. The Bertz CT molecular complexity index is 190. The Hall–Kier alpha value is -0.630. The summed E-state index contributed by atoms with van der Waals surface area (Å²) in [4.78, 5) is 11.8. The third-order valence-electron chi connectivity index (χ3n) is 0.805. The third kappa shape index (κ3) is 0.954. The monoisotopic (exact) mass is 125 g/mol. The molecule has 1 aromatic rings. The van der Waals surface area contributed by atoms with Gasteiger partial charge in [0.15, 0.2) is 6.29 Å². The molecule has 0 aliphatic rings. The van der Waals surface area contributed by atoms with E-state index in [1.807, 2.05) is 6.92 Å². The van der Waals surface area contributed by atoms with Crippen LogP contribution in [0.4, 0.5) is 0 Å². The third-order valence-corrected chi connectivity index (χ3v) is 1.68. The number of hydrogen-bond donors (Lipinski definition) is 0. The summed E-state index contributed by atoms with van der Waals surface area (Å²) in [5, 5.41) is 0. The van der Waals surface area contributed by atoms with Crippen LogP contribution in [0.15, 0.2) is 6.07 Å². The smallest absolute Gasteiger partial charge is 0.160 e. The van der Waals surface area contributed by atoms with E-state index < -0.39 is 0 Å². The Morgan fingerprint density at radius 2 is 2.62 bits per heavy atom. The van der Waals surface area contributed by atoms with Crippen LogP contribution in [-0.4, -0.2) is 6.29 Å². The number of aldehydes is 1. The van der Waals surface area contributed by atoms with Crippen LogP contribution in [0.5, 0.6) is 0 Å². The summed E-state index contributed by atoms with van der Waals surface area (Å²) in [5.74, 6) is 0. The normalized spacial score (nSPS) is 9.12. The summed E-state index contributed by atoms with van der Waals surface area (Å²) in [5.41, 5.74) is 0. The van der Waals surface area contributed by atoms with Gasteiger partial charge in [-0.2, -0.15) is 0 Å². The van der Waals surface area contributed by atoms with Crippen LogP contribution in [-0.2, 0) is 0 Å². The molecule has 0 aromatic carbocycles. The van der Waals surface area contributed by atoms with Crippen molar-refractivity contribution in [2.45, 2.75) is 6.92 Å². The maximum Gasteiger partial charge on any atom is 0.160 e. The molecule has 1 aromatic heterocycles. The second-order valence-corrected chi connectivity index (χ2v) is 2.76. The summed E-state index contributed by atoms with van der Waals surface area (Å²) in [6.45, 7) is 1.93. The first kappa shape index (κ1) is 5.51. The van der Waals surface area contributed by atoms with Crippen molar-refractivity contribution in [1.82, 2.24) is 0 Å². The van der Waals surface area contributed by atoms with Crippen LogP contribution in [0.1, 0.15) is 14.5 Å². The average molecular weight is 125 g/mol. The minimum atomic E-state index is 0.752. The predicted octanol–water partition coefficient (Wildman–Crippen LogP) is 1.67. The van der Waals surface area contributed by atoms with Crippen molar-refractivity contribution in [3.63, 3.8) is 0 Å². The van der Waals surface area contributed by atoms with E-state index in [1.54, 1.807) is 6.07 Å². The van der Waals surface area contributed by atoms with E-state index in [0.29, 0.717) is 0 Å². The summed E-state index contributed by atoms with van der Waals surface area (Å²) >= 11 is 1.46. The van der Waals surface area contributed by atoms with Gasteiger partial charge in [0, 0.05) is 4.88 Å². The molecule has 0 atom stereocenters. The molecule has 1 nitrogen and oxygen atoms in total. The summed E-state index contributed by atoms with van der Waals surface area (Å²) in [7, 11) is 0. The second kappa shape index (κ2) is 2.09. The van der Waals surface area contributed by atoms with E-state index in [0.717, 1.165) is 16.0 Å². The fraction of sp³-hybridized carbons (Fsp3) is 0.167. The molecule has 1 heterocycles. The molecule has 0 spiro atoms. The molecule has 0 N–H and O–H groups in total. The molecular formula is C6H5OS. The van der Waals surface area contributed by atoms with Crippen molar-refractivity contribution in [2.24, 2.45) is 0 Å².